The lowest BCUT2D eigenvalue weighted by Gasteiger charge is -2.48. The van der Waals surface area contributed by atoms with Crippen molar-refractivity contribution in [3.05, 3.63) is 82.4 Å². The number of halogens is 1. The Morgan fingerprint density at radius 2 is 1.91 bits per heavy atom. The fourth-order valence-electron chi connectivity index (χ4n) is 6.65. The van der Waals surface area contributed by atoms with Gasteiger partial charge in [0.2, 0.25) is 0 Å². The molecule has 2 aromatic carbocycles. The van der Waals surface area contributed by atoms with Gasteiger partial charge in [-0.3, -0.25) is 19.7 Å². The average molecular weight is 603 g/mol. The summed E-state index contributed by atoms with van der Waals surface area (Å²) in [5, 5.41) is 10.0. The molecule has 3 aromatic rings. The Bertz CT molecular complexity index is 1440. The molecule has 228 valence electrons. The average Bonchev–Trinajstić information content (AvgIpc) is 3.63. The van der Waals surface area contributed by atoms with Crippen LogP contribution in [-0.2, 0) is 11.3 Å². The number of rotatable bonds is 11. The molecule has 1 aliphatic carbocycles. The summed E-state index contributed by atoms with van der Waals surface area (Å²) in [7, 11) is 0. The van der Waals surface area contributed by atoms with Crippen molar-refractivity contribution >= 4 is 29.1 Å². The van der Waals surface area contributed by atoms with E-state index in [-0.39, 0.29) is 29.8 Å². The maximum atomic E-state index is 14.5. The zero-order chi connectivity index (χ0) is 30.6. The van der Waals surface area contributed by atoms with Gasteiger partial charge in [0.25, 0.3) is 11.8 Å². The first kappa shape index (κ1) is 30.9. The van der Waals surface area contributed by atoms with Gasteiger partial charge in [-0.25, -0.2) is 4.98 Å². The van der Waals surface area contributed by atoms with Crippen LogP contribution in [0.3, 0.4) is 0 Å². The Balaban J connectivity index is 1.46. The van der Waals surface area contributed by atoms with E-state index in [0.29, 0.717) is 28.0 Å². The number of carbonyl (C=O) groups excluding carboxylic acids is 2. The summed E-state index contributed by atoms with van der Waals surface area (Å²) in [5.41, 5.74) is 2.49. The second kappa shape index (κ2) is 13.0. The van der Waals surface area contributed by atoms with E-state index in [9.17, 15) is 9.59 Å². The molecule has 2 heterocycles. The number of carbonyl (C=O) groups is 2. The fourth-order valence-corrected chi connectivity index (χ4v) is 6.84. The number of hydrogen-bond acceptors (Lipinski definition) is 5. The standard InChI is InChI=1S/C34H43ClN6O2/c1-5-7-11-28(23-12-14-24(15-13-23)31(42)36-21-29-37-22-38-40-29)41-32(43)30(25-9-8-10-27(35)20-25)39-34(41)18-16-26(17-19-34)33(3,4)6-2/h8-10,12-15,20,22,26,28H,5-7,11,16-19,21H2,1-4H3,(H,36,42)(H,37,38,40)/t26?,28-,34?/m1/s1. The maximum Gasteiger partial charge on any atom is 0.275 e. The smallest absolute Gasteiger partial charge is 0.275 e. The van der Waals surface area contributed by atoms with Gasteiger partial charge < -0.3 is 10.2 Å². The highest BCUT2D eigenvalue weighted by atomic mass is 35.5. The number of unbranched alkanes of at least 4 members (excludes halogenated alkanes) is 1. The van der Waals surface area contributed by atoms with Crippen LogP contribution in [0.4, 0.5) is 0 Å². The molecule has 1 atom stereocenters. The molecule has 0 saturated heterocycles. The number of aromatic amines is 1. The normalized spacial score (nSPS) is 21.2. The number of aliphatic imine (C=N–C) groups is 1. The number of aromatic nitrogens is 3. The van der Waals surface area contributed by atoms with Gasteiger partial charge in [-0.05, 0) is 73.3 Å². The first-order valence-corrected chi connectivity index (χ1v) is 16.0. The number of benzene rings is 2. The first-order valence-electron chi connectivity index (χ1n) is 15.6. The summed E-state index contributed by atoms with van der Waals surface area (Å²) in [6.07, 6.45) is 9.08. The topological polar surface area (TPSA) is 103 Å². The van der Waals surface area contributed by atoms with Gasteiger partial charge in [0.1, 0.15) is 23.5 Å². The molecule has 9 heteroatoms. The van der Waals surface area contributed by atoms with E-state index in [2.05, 4.69) is 53.1 Å². The Kier molecular flexibility index (Phi) is 9.35. The van der Waals surface area contributed by atoms with Gasteiger partial charge in [0.05, 0.1) is 12.6 Å². The quantitative estimate of drug-likeness (QED) is 0.241. The fraction of sp³-hybridized carbons (Fsp3) is 0.500. The Morgan fingerprint density at radius 3 is 2.53 bits per heavy atom. The molecule has 2 amide bonds. The van der Waals surface area contributed by atoms with Crippen LogP contribution in [0.25, 0.3) is 0 Å². The van der Waals surface area contributed by atoms with Crippen LogP contribution in [0.15, 0.2) is 59.9 Å². The summed E-state index contributed by atoms with van der Waals surface area (Å²) >= 11 is 6.37. The molecular formula is C34H43ClN6O2. The molecule has 43 heavy (non-hydrogen) atoms. The first-order chi connectivity index (χ1) is 20.7. The van der Waals surface area contributed by atoms with Gasteiger partial charge >= 0.3 is 0 Å². The minimum Gasteiger partial charge on any atom is -0.345 e. The number of H-pyrrole nitrogens is 1. The summed E-state index contributed by atoms with van der Waals surface area (Å²) in [6.45, 7) is 9.43. The minimum atomic E-state index is -0.597. The van der Waals surface area contributed by atoms with Gasteiger partial charge in [-0.2, -0.15) is 5.10 Å². The van der Waals surface area contributed by atoms with Crippen LogP contribution < -0.4 is 5.32 Å². The summed E-state index contributed by atoms with van der Waals surface area (Å²) in [4.78, 5) is 38.7. The zero-order valence-electron chi connectivity index (χ0n) is 25.7. The second-order valence-electron chi connectivity index (χ2n) is 12.6. The third kappa shape index (κ3) is 6.54. The molecule has 1 aromatic heterocycles. The van der Waals surface area contributed by atoms with Crippen molar-refractivity contribution in [1.82, 2.24) is 25.4 Å². The van der Waals surface area contributed by atoms with E-state index < -0.39 is 5.66 Å². The van der Waals surface area contributed by atoms with Crippen molar-refractivity contribution < 1.29 is 9.59 Å². The summed E-state index contributed by atoms with van der Waals surface area (Å²) < 4.78 is 0. The number of nitrogens with one attached hydrogen (secondary N) is 2. The zero-order valence-corrected chi connectivity index (χ0v) is 26.5. The molecule has 1 spiro atoms. The highest BCUT2D eigenvalue weighted by Gasteiger charge is 2.52. The molecular weight excluding hydrogens is 560 g/mol. The van der Waals surface area contributed by atoms with Crippen LogP contribution in [0.5, 0.6) is 0 Å². The second-order valence-corrected chi connectivity index (χ2v) is 13.1. The van der Waals surface area contributed by atoms with Crippen LogP contribution in [-0.4, -0.2) is 43.3 Å². The Morgan fingerprint density at radius 1 is 1.16 bits per heavy atom. The SMILES string of the molecule is CCCC[C@H](c1ccc(C(=O)NCc2ncn[nH]2)cc1)N1C(=O)C(c2cccc(Cl)c2)=NC12CCC(C(C)(C)CC)CC2. The van der Waals surface area contributed by atoms with Gasteiger partial charge in [-0.1, -0.05) is 82.8 Å². The van der Waals surface area contributed by atoms with Crippen molar-refractivity contribution in [2.24, 2.45) is 16.3 Å². The summed E-state index contributed by atoms with van der Waals surface area (Å²) in [6, 6.07) is 15.0. The van der Waals surface area contributed by atoms with E-state index in [0.717, 1.165) is 62.5 Å². The lowest BCUT2D eigenvalue weighted by molar-refractivity contribution is -0.133. The van der Waals surface area contributed by atoms with E-state index >= 15 is 0 Å². The predicted octanol–water partition coefficient (Wildman–Crippen LogP) is 7.27. The van der Waals surface area contributed by atoms with Gasteiger partial charge in [-0.15, -0.1) is 0 Å². The molecule has 2 N–H and O–H groups in total. The van der Waals surface area contributed by atoms with Crippen molar-refractivity contribution in [1.29, 1.82) is 0 Å². The lowest BCUT2D eigenvalue weighted by Crippen LogP contribution is -2.51. The number of hydrogen-bond donors (Lipinski definition) is 2. The van der Waals surface area contributed by atoms with Crippen LogP contribution in [0.1, 0.15) is 112 Å². The van der Waals surface area contributed by atoms with Gasteiger partial charge in [0, 0.05) is 16.1 Å². The van der Waals surface area contributed by atoms with Crippen LogP contribution in [0, 0.1) is 11.3 Å². The lowest BCUT2D eigenvalue weighted by atomic mass is 9.67. The van der Waals surface area contributed by atoms with E-state index in [4.69, 9.17) is 16.6 Å². The molecule has 1 fully saturated rings. The van der Waals surface area contributed by atoms with Crippen LogP contribution >= 0.6 is 11.6 Å². The highest BCUT2D eigenvalue weighted by Crippen LogP contribution is 2.50. The van der Waals surface area contributed by atoms with E-state index in [1.165, 1.54) is 6.33 Å². The molecule has 0 unspecified atom stereocenters. The Hall–Kier alpha value is -3.52. The van der Waals surface area contributed by atoms with E-state index in [1.54, 1.807) is 0 Å². The largest absolute Gasteiger partial charge is 0.345 e. The number of amides is 2. The van der Waals surface area contributed by atoms with Crippen LogP contribution in [0.2, 0.25) is 5.02 Å². The molecule has 2 aliphatic rings. The highest BCUT2D eigenvalue weighted by molar-refractivity contribution is 6.47. The monoisotopic (exact) mass is 602 g/mol. The molecule has 5 rings (SSSR count). The molecule has 0 bridgehead atoms. The molecule has 8 nitrogen and oxygen atoms in total. The molecule has 1 saturated carbocycles. The molecule has 0 radical (unpaired) electrons. The van der Waals surface area contributed by atoms with E-state index in [1.807, 2.05) is 48.5 Å². The predicted molar refractivity (Wildman–Crippen MR) is 170 cm³/mol. The van der Waals surface area contributed by atoms with Crippen molar-refractivity contribution in [3.63, 3.8) is 0 Å². The van der Waals surface area contributed by atoms with Crippen molar-refractivity contribution in [3.8, 4) is 0 Å². The minimum absolute atomic E-state index is 0.0366. The third-order valence-electron chi connectivity index (χ3n) is 9.67. The third-order valence-corrected chi connectivity index (χ3v) is 9.91. The molecule has 1 aliphatic heterocycles. The van der Waals surface area contributed by atoms with Crippen molar-refractivity contribution in [2.75, 3.05) is 0 Å². The van der Waals surface area contributed by atoms with Gasteiger partial charge in [0.15, 0.2) is 0 Å². The maximum absolute atomic E-state index is 14.5. The van der Waals surface area contributed by atoms with Crippen molar-refractivity contribution in [2.45, 2.75) is 97.3 Å². The summed E-state index contributed by atoms with van der Waals surface area (Å²) in [5.74, 6) is 0.958. The number of nitrogens with zero attached hydrogens (tertiary/aromatic N) is 4. The Labute approximate surface area is 259 Å².